The van der Waals surface area contributed by atoms with Gasteiger partial charge in [0, 0.05) is 22.9 Å². The van der Waals surface area contributed by atoms with Crippen molar-refractivity contribution in [3.63, 3.8) is 0 Å². The van der Waals surface area contributed by atoms with Crippen LogP contribution in [0, 0.1) is 0 Å². The minimum Gasteiger partial charge on any atom is -0.497 e. The zero-order chi connectivity index (χ0) is 20.6. The molecule has 2 amide bonds. The second kappa shape index (κ2) is 9.23. The molecule has 2 aromatic carbocycles. The highest BCUT2D eigenvalue weighted by molar-refractivity contribution is 6.02. The number of methoxy groups -OCH3 is 2. The highest BCUT2D eigenvalue weighted by Crippen LogP contribution is 2.23. The molecular weight excluding hydrogens is 374 g/mol. The molecule has 0 aliphatic heterocycles. The minimum atomic E-state index is -0.391. The summed E-state index contributed by atoms with van der Waals surface area (Å²) in [6.07, 6.45) is 2.90. The molecule has 29 heavy (non-hydrogen) atoms. The maximum Gasteiger partial charge on any atom is 0.291 e. The molecule has 1 aromatic heterocycles. The number of hydrogen-bond acceptors (Lipinski definition) is 6. The first-order valence-electron chi connectivity index (χ1n) is 8.61. The molecule has 0 aliphatic rings. The van der Waals surface area contributed by atoms with Gasteiger partial charge < -0.3 is 19.2 Å². The van der Waals surface area contributed by atoms with Crippen LogP contribution < -0.4 is 20.2 Å². The normalized spacial score (nSPS) is 10.6. The van der Waals surface area contributed by atoms with Crippen molar-refractivity contribution in [3.05, 3.63) is 77.7 Å². The van der Waals surface area contributed by atoms with E-state index >= 15 is 0 Å². The number of carbonyl (C=O) groups is 2. The topological polar surface area (TPSA) is 102 Å². The smallest absolute Gasteiger partial charge is 0.291 e. The predicted molar refractivity (Wildman–Crippen MR) is 108 cm³/mol. The molecule has 0 unspecified atom stereocenters. The largest absolute Gasteiger partial charge is 0.497 e. The van der Waals surface area contributed by atoms with E-state index in [1.54, 1.807) is 61.7 Å². The van der Waals surface area contributed by atoms with Crippen LogP contribution in [0.2, 0.25) is 0 Å². The van der Waals surface area contributed by atoms with Gasteiger partial charge in [-0.25, -0.2) is 5.43 Å². The molecule has 148 valence electrons. The number of anilines is 1. The van der Waals surface area contributed by atoms with Gasteiger partial charge in [-0.05, 0) is 48.5 Å². The van der Waals surface area contributed by atoms with Gasteiger partial charge in [0.1, 0.15) is 11.5 Å². The average Bonchev–Trinajstić information content (AvgIpc) is 3.29. The molecule has 0 fully saturated rings. The fraction of sp³-hybridized carbons (Fsp3) is 0.0952. The number of hydrogen-bond donors (Lipinski definition) is 2. The van der Waals surface area contributed by atoms with Crippen LogP contribution in [0.4, 0.5) is 5.69 Å². The van der Waals surface area contributed by atoms with Crippen LogP contribution in [0.5, 0.6) is 11.5 Å². The molecule has 0 spiro atoms. The SMILES string of the molecule is COc1ccc(/C=N\NC(=O)c2ccc(NC(=O)c3ccco3)cc2)c(OC)c1. The van der Waals surface area contributed by atoms with Crippen molar-refractivity contribution >= 4 is 23.7 Å². The summed E-state index contributed by atoms with van der Waals surface area (Å²) in [6, 6.07) is 14.8. The van der Waals surface area contributed by atoms with Gasteiger partial charge in [-0.3, -0.25) is 9.59 Å². The first kappa shape index (κ1) is 19.7. The molecule has 3 rings (SSSR count). The third-order valence-electron chi connectivity index (χ3n) is 3.96. The Morgan fingerprint density at radius 2 is 1.79 bits per heavy atom. The predicted octanol–water partition coefficient (Wildman–Crippen LogP) is 3.31. The van der Waals surface area contributed by atoms with Crippen LogP contribution in [-0.4, -0.2) is 32.2 Å². The first-order chi connectivity index (χ1) is 14.1. The van der Waals surface area contributed by atoms with E-state index in [1.807, 2.05) is 0 Å². The quantitative estimate of drug-likeness (QED) is 0.474. The third kappa shape index (κ3) is 5.01. The van der Waals surface area contributed by atoms with E-state index in [9.17, 15) is 9.59 Å². The fourth-order valence-corrected chi connectivity index (χ4v) is 2.46. The summed E-state index contributed by atoms with van der Waals surface area (Å²) in [5.41, 5.74) is 4.06. The van der Waals surface area contributed by atoms with Crippen LogP contribution in [0.1, 0.15) is 26.5 Å². The molecule has 1 heterocycles. The van der Waals surface area contributed by atoms with E-state index in [1.165, 1.54) is 19.6 Å². The maximum atomic E-state index is 12.2. The van der Waals surface area contributed by atoms with Crippen LogP contribution in [-0.2, 0) is 0 Å². The number of amides is 2. The Morgan fingerprint density at radius 3 is 2.45 bits per heavy atom. The van der Waals surface area contributed by atoms with Gasteiger partial charge in [0.15, 0.2) is 5.76 Å². The first-order valence-corrected chi connectivity index (χ1v) is 8.61. The van der Waals surface area contributed by atoms with E-state index in [4.69, 9.17) is 13.9 Å². The highest BCUT2D eigenvalue weighted by Gasteiger charge is 2.10. The summed E-state index contributed by atoms with van der Waals surface area (Å²) >= 11 is 0. The van der Waals surface area contributed by atoms with Crippen molar-refractivity contribution in [2.24, 2.45) is 5.10 Å². The van der Waals surface area contributed by atoms with E-state index in [2.05, 4.69) is 15.8 Å². The van der Waals surface area contributed by atoms with Gasteiger partial charge in [0.2, 0.25) is 0 Å². The summed E-state index contributed by atoms with van der Waals surface area (Å²) in [6.45, 7) is 0. The van der Waals surface area contributed by atoms with Gasteiger partial charge in [-0.2, -0.15) is 5.10 Å². The molecule has 0 bridgehead atoms. The second-order valence-electron chi connectivity index (χ2n) is 5.82. The molecular formula is C21H19N3O5. The van der Waals surface area contributed by atoms with E-state index < -0.39 is 5.91 Å². The maximum absolute atomic E-state index is 12.2. The van der Waals surface area contributed by atoms with E-state index in [0.717, 1.165) is 0 Å². The number of nitrogens with one attached hydrogen (secondary N) is 2. The van der Waals surface area contributed by atoms with E-state index in [0.29, 0.717) is 28.3 Å². The van der Waals surface area contributed by atoms with Gasteiger partial charge in [-0.1, -0.05) is 0 Å². The molecule has 2 N–H and O–H groups in total. The summed E-state index contributed by atoms with van der Waals surface area (Å²) in [5, 5.41) is 6.64. The average molecular weight is 393 g/mol. The number of nitrogens with zero attached hydrogens (tertiary/aromatic N) is 1. The lowest BCUT2D eigenvalue weighted by molar-refractivity contribution is 0.0954. The molecule has 0 saturated heterocycles. The summed E-state index contributed by atoms with van der Waals surface area (Å²) < 4.78 is 15.4. The van der Waals surface area contributed by atoms with Crippen molar-refractivity contribution in [3.8, 4) is 11.5 Å². The Morgan fingerprint density at radius 1 is 1.00 bits per heavy atom. The Hall–Kier alpha value is -4.07. The number of hydrazone groups is 1. The van der Waals surface area contributed by atoms with Crippen LogP contribution in [0.3, 0.4) is 0 Å². The van der Waals surface area contributed by atoms with Crippen LogP contribution >= 0.6 is 0 Å². The molecule has 0 saturated carbocycles. The number of rotatable bonds is 7. The highest BCUT2D eigenvalue weighted by atomic mass is 16.5. The number of benzene rings is 2. The third-order valence-corrected chi connectivity index (χ3v) is 3.96. The minimum absolute atomic E-state index is 0.204. The lowest BCUT2D eigenvalue weighted by atomic mass is 10.2. The molecule has 0 aliphatic carbocycles. The van der Waals surface area contributed by atoms with Gasteiger partial charge in [-0.15, -0.1) is 0 Å². The van der Waals surface area contributed by atoms with Crippen molar-refractivity contribution in [2.45, 2.75) is 0 Å². The Bertz CT molecular complexity index is 1010. The summed E-state index contributed by atoms with van der Waals surface area (Å²) in [5.74, 6) is 0.666. The molecule has 3 aromatic rings. The van der Waals surface area contributed by atoms with Crippen molar-refractivity contribution in [1.29, 1.82) is 0 Å². The second-order valence-corrected chi connectivity index (χ2v) is 5.82. The molecule has 8 nitrogen and oxygen atoms in total. The Balaban J connectivity index is 1.59. The number of carbonyl (C=O) groups excluding carboxylic acids is 2. The van der Waals surface area contributed by atoms with Crippen LogP contribution in [0.25, 0.3) is 0 Å². The van der Waals surface area contributed by atoms with Gasteiger partial charge in [0.05, 0.1) is 26.7 Å². The van der Waals surface area contributed by atoms with Gasteiger partial charge in [0.25, 0.3) is 11.8 Å². The monoisotopic (exact) mass is 393 g/mol. The lowest BCUT2D eigenvalue weighted by Crippen LogP contribution is -2.18. The number of ether oxygens (including phenoxy) is 2. The zero-order valence-electron chi connectivity index (χ0n) is 15.8. The summed E-state index contributed by atoms with van der Waals surface area (Å²) in [4.78, 5) is 24.2. The Labute approximate surface area is 167 Å². The fourth-order valence-electron chi connectivity index (χ4n) is 2.46. The van der Waals surface area contributed by atoms with Crippen molar-refractivity contribution < 1.29 is 23.5 Å². The summed E-state index contributed by atoms with van der Waals surface area (Å²) in [7, 11) is 3.10. The van der Waals surface area contributed by atoms with E-state index in [-0.39, 0.29) is 11.7 Å². The standard InChI is InChI=1S/C21H19N3O5/c1-27-17-10-7-15(19(12-17)28-2)13-22-24-20(25)14-5-8-16(9-6-14)23-21(26)18-4-3-11-29-18/h3-13H,1-2H3,(H,23,26)(H,24,25)/b22-13-. The Kier molecular flexibility index (Phi) is 6.26. The number of furan rings is 1. The zero-order valence-corrected chi connectivity index (χ0v) is 15.8. The molecule has 8 heteroatoms. The van der Waals surface area contributed by atoms with Crippen molar-refractivity contribution in [1.82, 2.24) is 5.43 Å². The molecule has 0 atom stereocenters. The van der Waals surface area contributed by atoms with Gasteiger partial charge >= 0.3 is 0 Å². The lowest BCUT2D eigenvalue weighted by Gasteiger charge is -2.07. The van der Waals surface area contributed by atoms with Crippen LogP contribution in [0.15, 0.2) is 70.4 Å². The van der Waals surface area contributed by atoms with Crippen molar-refractivity contribution in [2.75, 3.05) is 19.5 Å². The molecule has 0 radical (unpaired) electrons.